The maximum atomic E-state index is 13.0. The fourth-order valence-corrected chi connectivity index (χ4v) is 1.19. The van der Waals surface area contributed by atoms with Crippen LogP contribution in [0.15, 0.2) is 12.1 Å². The predicted molar refractivity (Wildman–Crippen MR) is 45.2 cm³/mol. The molecule has 62 valence electrons. The molecule has 0 radical (unpaired) electrons. The minimum absolute atomic E-state index is 0.129. The highest BCUT2D eigenvalue weighted by Gasteiger charge is 2.04. The quantitative estimate of drug-likeness (QED) is 0.624. The lowest BCUT2D eigenvalue weighted by atomic mass is 10.0. The van der Waals surface area contributed by atoms with E-state index in [1.807, 2.05) is 19.9 Å². The molecule has 0 unspecified atom stereocenters. The van der Waals surface area contributed by atoms with Crippen molar-refractivity contribution in [1.82, 2.24) is 0 Å². The van der Waals surface area contributed by atoms with Crippen molar-refractivity contribution in [1.29, 1.82) is 5.26 Å². The van der Waals surface area contributed by atoms with Crippen molar-refractivity contribution in [2.75, 3.05) is 0 Å². The van der Waals surface area contributed by atoms with Gasteiger partial charge in [0.25, 0.3) is 0 Å². The van der Waals surface area contributed by atoms with Crippen molar-refractivity contribution in [3.63, 3.8) is 0 Å². The Kier molecular flexibility index (Phi) is 2.44. The van der Waals surface area contributed by atoms with Gasteiger partial charge in [-0.1, -0.05) is 6.92 Å². The minimum atomic E-state index is -0.417. The molecule has 0 aromatic heterocycles. The first-order chi connectivity index (χ1) is 5.69. The number of hydrogen-bond acceptors (Lipinski definition) is 1. The first-order valence-electron chi connectivity index (χ1n) is 3.88. The molecule has 0 amide bonds. The molecule has 0 aliphatic heterocycles. The average Bonchev–Trinajstić information content (AvgIpc) is 2.08. The molecule has 0 saturated carbocycles. The van der Waals surface area contributed by atoms with Crippen LogP contribution in [0.25, 0.3) is 0 Å². The fraction of sp³-hybridized carbons (Fsp3) is 0.300. The summed E-state index contributed by atoms with van der Waals surface area (Å²) < 4.78 is 13.0. The Balaban J connectivity index is 3.28. The van der Waals surface area contributed by atoms with Gasteiger partial charge in [0.2, 0.25) is 0 Å². The Labute approximate surface area is 71.4 Å². The molecule has 0 heterocycles. The second kappa shape index (κ2) is 3.36. The van der Waals surface area contributed by atoms with Crippen LogP contribution in [0.1, 0.15) is 23.6 Å². The van der Waals surface area contributed by atoms with Crippen LogP contribution in [0.5, 0.6) is 0 Å². The van der Waals surface area contributed by atoms with Gasteiger partial charge in [-0.15, -0.1) is 0 Å². The lowest BCUT2D eigenvalue weighted by molar-refractivity contribution is 0.621. The maximum absolute atomic E-state index is 13.0. The summed E-state index contributed by atoms with van der Waals surface area (Å²) in [5.41, 5.74) is 2.08. The zero-order chi connectivity index (χ0) is 9.14. The molecule has 0 N–H and O–H groups in total. The van der Waals surface area contributed by atoms with E-state index in [1.165, 1.54) is 6.07 Å². The van der Waals surface area contributed by atoms with E-state index in [-0.39, 0.29) is 5.56 Å². The number of nitriles is 1. The van der Waals surface area contributed by atoms with Gasteiger partial charge in [-0.3, -0.25) is 0 Å². The van der Waals surface area contributed by atoms with Crippen molar-refractivity contribution >= 4 is 0 Å². The van der Waals surface area contributed by atoms with Gasteiger partial charge in [0.15, 0.2) is 0 Å². The Morgan fingerprint density at radius 1 is 1.50 bits per heavy atom. The fourth-order valence-electron chi connectivity index (χ4n) is 1.19. The van der Waals surface area contributed by atoms with Crippen LogP contribution in [0.2, 0.25) is 0 Å². The van der Waals surface area contributed by atoms with E-state index in [0.29, 0.717) is 0 Å². The van der Waals surface area contributed by atoms with Gasteiger partial charge in [0.1, 0.15) is 11.9 Å². The van der Waals surface area contributed by atoms with Crippen LogP contribution in [0, 0.1) is 24.1 Å². The van der Waals surface area contributed by atoms with Gasteiger partial charge in [-0.05, 0) is 36.6 Å². The summed E-state index contributed by atoms with van der Waals surface area (Å²) in [5.74, 6) is -0.417. The normalized spacial score (nSPS) is 9.50. The largest absolute Gasteiger partial charge is 0.206 e. The van der Waals surface area contributed by atoms with E-state index in [0.717, 1.165) is 17.5 Å². The number of aryl methyl sites for hydroxylation is 2. The number of halogens is 1. The Morgan fingerprint density at radius 2 is 2.17 bits per heavy atom. The molecule has 12 heavy (non-hydrogen) atoms. The number of rotatable bonds is 1. The van der Waals surface area contributed by atoms with Crippen LogP contribution < -0.4 is 0 Å². The number of benzene rings is 1. The highest BCUT2D eigenvalue weighted by atomic mass is 19.1. The molecule has 1 aromatic rings. The highest BCUT2D eigenvalue weighted by Crippen LogP contribution is 2.14. The third-order valence-electron chi connectivity index (χ3n) is 1.93. The predicted octanol–water partition coefficient (Wildman–Crippen LogP) is 2.57. The van der Waals surface area contributed by atoms with E-state index >= 15 is 0 Å². The summed E-state index contributed by atoms with van der Waals surface area (Å²) in [6, 6.07) is 4.84. The molecule has 0 bridgehead atoms. The molecular weight excluding hydrogens is 153 g/mol. The van der Waals surface area contributed by atoms with E-state index in [9.17, 15) is 4.39 Å². The van der Waals surface area contributed by atoms with Crippen LogP contribution >= 0.6 is 0 Å². The summed E-state index contributed by atoms with van der Waals surface area (Å²) in [4.78, 5) is 0. The summed E-state index contributed by atoms with van der Waals surface area (Å²) in [6.07, 6.45) is 0.800. The average molecular weight is 163 g/mol. The summed E-state index contributed by atoms with van der Waals surface area (Å²) in [7, 11) is 0. The standard InChI is InChI=1S/C10H10FN/c1-3-8-5-10(11)9(6-12)4-7(8)2/h4-5H,3H2,1-2H3. The molecule has 1 aromatic carbocycles. The van der Waals surface area contributed by atoms with E-state index in [1.54, 1.807) is 6.07 Å². The molecule has 0 fully saturated rings. The van der Waals surface area contributed by atoms with Crippen molar-refractivity contribution in [2.24, 2.45) is 0 Å². The van der Waals surface area contributed by atoms with Gasteiger partial charge in [-0.2, -0.15) is 5.26 Å². The van der Waals surface area contributed by atoms with E-state index in [2.05, 4.69) is 0 Å². The number of hydrogen-bond donors (Lipinski definition) is 0. The maximum Gasteiger partial charge on any atom is 0.141 e. The molecule has 0 aliphatic carbocycles. The third-order valence-corrected chi connectivity index (χ3v) is 1.93. The van der Waals surface area contributed by atoms with Gasteiger partial charge in [0.05, 0.1) is 5.56 Å². The second-order valence-corrected chi connectivity index (χ2v) is 2.72. The van der Waals surface area contributed by atoms with Crippen molar-refractivity contribution in [2.45, 2.75) is 20.3 Å². The van der Waals surface area contributed by atoms with Crippen LogP contribution in [-0.4, -0.2) is 0 Å². The van der Waals surface area contributed by atoms with Crippen molar-refractivity contribution in [3.05, 3.63) is 34.6 Å². The second-order valence-electron chi connectivity index (χ2n) is 2.72. The zero-order valence-corrected chi connectivity index (χ0v) is 7.19. The van der Waals surface area contributed by atoms with E-state index in [4.69, 9.17) is 5.26 Å². The minimum Gasteiger partial charge on any atom is -0.206 e. The van der Waals surface area contributed by atoms with E-state index < -0.39 is 5.82 Å². The first kappa shape index (κ1) is 8.73. The van der Waals surface area contributed by atoms with Crippen LogP contribution in [0.4, 0.5) is 4.39 Å². The lowest BCUT2D eigenvalue weighted by Gasteiger charge is -2.03. The monoisotopic (exact) mass is 163 g/mol. The van der Waals surface area contributed by atoms with Crippen molar-refractivity contribution in [3.8, 4) is 6.07 Å². The van der Waals surface area contributed by atoms with Gasteiger partial charge >= 0.3 is 0 Å². The Bertz CT molecular complexity index is 336. The van der Waals surface area contributed by atoms with Gasteiger partial charge in [-0.25, -0.2) is 4.39 Å². The molecule has 1 nitrogen and oxygen atoms in total. The summed E-state index contributed by atoms with van der Waals surface area (Å²) in [5, 5.41) is 8.52. The molecule has 0 spiro atoms. The van der Waals surface area contributed by atoms with Crippen molar-refractivity contribution < 1.29 is 4.39 Å². The number of nitrogens with zero attached hydrogens (tertiary/aromatic N) is 1. The third kappa shape index (κ3) is 1.45. The molecule has 1 rings (SSSR count). The van der Waals surface area contributed by atoms with Gasteiger partial charge in [0, 0.05) is 0 Å². The summed E-state index contributed by atoms with van der Waals surface area (Å²) >= 11 is 0. The summed E-state index contributed by atoms with van der Waals surface area (Å²) in [6.45, 7) is 3.85. The SMILES string of the molecule is CCc1cc(F)c(C#N)cc1C. The van der Waals surface area contributed by atoms with Crippen LogP contribution in [0.3, 0.4) is 0 Å². The lowest BCUT2D eigenvalue weighted by Crippen LogP contribution is -1.92. The molecule has 0 aliphatic rings. The van der Waals surface area contributed by atoms with Gasteiger partial charge < -0.3 is 0 Å². The smallest absolute Gasteiger partial charge is 0.141 e. The molecule has 0 atom stereocenters. The molecule has 2 heteroatoms. The molecule has 0 saturated heterocycles. The molecular formula is C10H10FN. The topological polar surface area (TPSA) is 23.8 Å². The highest BCUT2D eigenvalue weighted by molar-refractivity contribution is 5.38. The Hall–Kier alpha value is -1.36. The first-order valence-corrected chi connectivity index (χ1v) is 3.88. The zero-order valence-electron chi connectivity index (χ0n) is 7.19. The Morgan fingerprint density at radius 3 is 2.67 bits per heavy atom. The van der Waals surface area contributed by atoms with Crippen LogP contribution in [-0.2, 0) is 6.42 Å².